The molecule has 1 aromatic carbocycles. The summed E-state index contributed by atoms with van der Waals surface area (Å²) in [7, 11) is 0. The number of piperidine rings is 1. The van der Waals surface area contributed by atoms with Gasteiger partial charge in [0.1, 0.15) is 0 Å². The Morgan fingerprint density at radius 3 is 2.96 bits per heavy atom. The SMILES string of the molecule is CC(CC(=O)NCCn1c(=O)[nH]c2ccccc21)C1CCCNC1.Cl. The minimum Gasteiger partial charge on any atom is -0.354 e. The van der Waals surface area contributed by atoms with E-state index in [2.05, 4.69) is 22.5 Å². The molecule has 1 aromatic heterocycles. The molecule has 1 fully saturated rings. The maximum Gasteiger partial charge on any atom is 0.326 e. The van der Waals surface area contributed by atoms with Crippen LogP contribution in [0.4, 0.5) is 0 Å². The molecule has 3 rings (SSSR count). The summed E-state index contributed by atoms with van der Waals surface area (Å²) >= 11 is 0. The Labute approximate surface area is 153 Å². The molecule has 138 valence electrons. The highest BCUT2D eigenvalue weighted by Crippen LogP contribution is 2.22. The Morgan fingerprint density at radius 1 is 1.40 bits per heavy atom. The second-order valence-corrected chi connectivity index (χ2v) is 6.74. The van der Waals surface area contributed by atoms with Gasteiger partial charge in [0.25, 0.3) is 0 Å². The Hall–Kier alpha value is -1.79. The number of para-hydroxylation sites is 2. The number of nitrogens with zero attached hydrogens (tertiary/aromatic N) is 1. The van der Waals surface area contributed by atoms with Gasteiger partial charge in [0, 0.05) is 19.5 Å². The first-order valence-corrected chi connectivity index (χ1v) is 8.80. The van der Waals surface area contributed by atoms with Crippen LogP contribution in [0.2, 0.25) is 0 Å². The van der Waals surface area contributed by atoms with Gasteiger partial charge in [0.15, 0.2) is 0 Å². The van der Waals surface area contributed by atoms with Crippen molar-refractivity contribution in [3.05, 3.63) is 34.7 Å². The fourth-order valence-corrected chi connectivity index (χ4v) is 3.53. The van der Waals surface area contributed by atoms with E-state index < -0.39 is 0 Å². The van der Waals surface area contributed by atoms with E-state index in [-0.39, 0.29) is 24.0 Å². The normalized spacial score (nSPS) is 18.5. The van der Waals surface area contributed by atoms with E-state index in [0.29, 0.717) is 31.3 Å². The number of carbonyl (C=O) groups excluding carboxylic acids is 1. The Morgan fingerprint density at radius 2 is 2.20 bits per heavy atom. The lowest BCUT2D eigenvalue weighted by Gasteiger charge is -2.28. The van der Waals surface area contributed by atoms with E-state index in [4.69, 9.17) is 0 Å². The fraction of sp³-hybridized carbons (Fsp3) is 0.556. The van der Waals surface area contributed by atoms with Crippen LogP contribution < -0.4 is 16.3 Å². The predicted molar refractivity (Wildman–Crippen MR) is 102 cm³/mol. The number of halogens is 1. The molecule has 0 saturated carbocycles. The van der Waals surface area contributed by atoms with Crippen LogP contribution >= 0.6 is 12.4 Å². The van der Waals surface area contributed by atoms with Gasteiger partial charge >= 0.3 is 5.69 Å². The number of rotatable bonds is 6. The van der Waals surface area contributed by atoms with E-state index >= 15 is 0 Å². The number of hydrogen-bond acceptors (Lipinski definition) is 3. The third kappa shape index (κ3) is 4.86. The van der Waals surface area contributed by atoms with Gasteiger partial charge in [0.2, 0.25) is 5.91 Å². The number of fused-ring (bicyclic) bond motifs is 1. The summed E-state index contributed by atoms with van der Waals surface area (Å²) in [6.45, 7) is 5.21. The molecule has 25 heavy (non-hydrogen) atoms. The summed E-state index contributed by atoms with van der Waals surface area (Å²) in [5.74, 6) is 1.04. The van der Waals surface area contributed by atoms with Gasteiger partial charge in [-0.1, -0.05) is 19.1 Å². The minimum absolute atomic E-state index is 0. The molecule has 0 spiro atoms. The summed E-state index contributed by atoms with van der Waals surface area (Å²) in [6.07, 6.45) is 2.95. The highest BCUT2D eigenvalue weighted by molar-refractivity contribution is 5.85. The van der Waals surface area contributed by atoms with Crippen molar-refractivity contribution < 1.29 is 4.79 Å². The van der Waals surface area contributed by atoms with Crippen molar-refractivity contribution in [1.82, 2.24) is 20.2 Å². The Kier molecular flexibility index (Phi) is 7.08. The number of nitrogens with one attached hydrogen (secondary N) is 3. The summed E-state index contributed by atoms with van der Waals surface area (Å²) in [5.41, 5.74) is 1.57. The lowest BCUT2D eigenvalue weighted by molar-refractivity contribution is -0.122. The van der Waals surface area contributed by atoms with Crippen LogP contribution in [0.15, 0.2) is 29.1 Å². The number of carbonyl (C=O) groups is 1. The van der Waals surface area contributed by atoms with E-state index in [9.17, 15) is 9.59 Å². The largest absolute Gasteiger partial charge is 0.354 e. The second kappa shape index (κ2) is 9.06. The van der Waals surface area contributed by atoms with E-state index in [1.54, 1.807) is 4.57 Å². The van der Waals surface area contributed by atoms with Crippen molar-refractivity contribution in [2.24, 2.45) is 11.8 Å². The molecular formula is C18H27ClN4O2. The highest BCUT2D eigenvalue weighted by atomic mass is 35.5. The molecule has 0 bridgehead atoms. The van der Waals surface area contributed by atoms with E-state index in [1.807, 2.05) is 24.3 Å². The minimum atomic E-state index is -0.132. The number of hydrogen-bond donors (Lipinski definition) is 3. The molecule has 0 radical (unpaired) electrons. The number of aromatic amines is 1. The van der Waals surface area contributed by atoms with Crippen LogP contribution in [0, 0.1) is 11.8 Å². The standard InChI is InChI=1S/C18H26N4O2.ClH/c1-13(14-5-4-8-19-12-14)11-17(23)20-9-10-22-16-7-3-2-6-15(16)21-18(22)24;/h2-3,6-7,13-14,19H,4-5,8-12H2,1H3,(H,20,23)(H,21,24);1H. The Bertz CT molecular complexity index is 749. The van der Waals surface area contributed by atoms with Gasteiger partial charge < -0.3 is 15.6 Å². The van der Waals surface area contributed by atoms with Crippen molar-refractivity contribution in [1.29, 1.82) is 0 Å². The van der Waals surface area contributed by atoms with E-state index in [0.717, 1.165) is 24.1 Å². The number of H-pyrrole nitrogens is 1. The topological polar surface area (TPSA) is 78.9 Å². The lowest BCUT2D eigenvalue weighted by Crippen LogP contribution is -2.36. The smallest absolute Gasteiger partial charge is 0.326 e. The number of imidazole rings is 1. The molecule has 1 saturated heterocycles. The molecule has 7 heteroatoms. The first-order chi connectivity index (χ1) is 11.6. The average Bonchev–Trinajstić information content (AvgIpc) is 2.91. The second-order valence-electron chi connectivity index (χ2n) is 6.74. The zero-order valence-corrected chi connectivity index (χ0v) is 15.4. The lowest BCUT2D eigenvalue weighted by atomic mass is 9.85. The molecule has 2 atom stereocenters. The zero-order valence-electron chi connectivity index (χ0n) is 14.6. The molecule has 1 aliphatic heterocycles. The van der Waals surface area contributed by atoms with Crippen LogP contribution in [0.3, 0.4) is 0 Å². The monoisotopic (exact) mass is 366 g/mol. The van der Waals surface area contributed by atoms with Gasteiger partial charge in [-0.15, -0.1) is 12.4 Å². The van der Waals surface area contributed by atoms with Crippen LogP contribution in [0.25, 0.3) is 11.0 Å². The number of amides is 1. The van der Waals surface area contributed by atoms with Crippen molar-refractivity contribution in [3.8, 4) is 0 Å². The van der Waals surface area contributed by atoms with Crippen molar-refractivity contribution in [2.45, 2.75) is 32.7 Å². The van der Waals surface area contributed by atoms with Crippen LogP contribution in [0.1, 0.15) is 26.2 Å². The van der Waals surface area contributed by atoms with Gasteiger partial charge in [0.05, 0.1) is 11.0 Å². The number of aromatic nitrogens is 2. The highest BCUT2D eigenvalue weighted by Gasteiger charge is 2.21. The molecule has 1 amide bonds. The molecule has 2 heterocycles. The maximum absolute atomic E-state index is 12.1. The molecule has 0 aliphatic carbocycles. The quantitative estimate of drug-likeness (QED) is 0.730. The van der Waals surface area contributed by atoms with Crippen molar-refractivity contribution >= 4 is 29.3 Å². The maximum atomic E-state index is 12.1. The van der Waals surface area contributed by atoms with Crippen molar-refractivity contribution in [3.63, 3.8) is 0 Å². The zero-order chi connectivity index (χ0) is 16.9. The van der Waals surface area contributed by atoms with Gasteiger partial charge in [-0.3, -0.25) is 9.36 Å². The first-order valence-electron chi connectivity index (χ1n) is 8.80. The fourth-order valence-electron chi connectivity index (χ4n) is 3.53. The first kappa shape index (κ1) is 19.5. The van der Waals surface area contributed by atoms with Crippen LogP contribution in [-0.2, 0) is 11.3 Å². The van der Waals surface area contributed by atoms with Crippen molar-refractivity contribution in [2.75, 3.05) is 19.6 Å². The molecule has 3 N–H and O–H groups in total. The van der Waals surface area contributed by atoms with Crippen LogP contribution in [0.5, 0.6) is 0 Å². The van der Waals surface area contributed by atoms with Crippen LogP contribution in [-0.4, -0.2) is 35.1 Å². The summed E-state index contributed by atoms with van der Waals surface area (Å²) in [4.78, 5) is 27.0. The molecule has 6 nitrogen and oxygen atoms in total. The molecule has 1 aliphatic rings. The number of benzene rings is 1. The Balaban J connectivity index is 0.00000225. The van der Waals surface area contributed by atoms with Gasteiger partial charge in [-0.05, 0) is 49.9 Å². The van der Waals surface area contributed by atoms with E-state index in [1.165, 1.54) is 12.8 Å². The predicted octanol–water partition coefficient (Wildman–Crippen LogP) is 1.89. The summed E-state index contributed by atoms with van der Waals surface area (Å²) in [6, 6.07) is 7.59. The third-order valence-corrected chi connectivity index (χ3v) is 4.99. The summed E-state index contributed by atoms with van der Waals surface area (Å²) < 4.78 is 1.67. The van der Waals surface area contributed by atoms with Gasteiger partial charge in [-0.25, -0.2) is 4.79 Å². The summed E-state index contributed by atoms with van der Waals surface area (Å²) in [5, 5.41) is 6.35. The van der Waals surface area contributed by atoms with Gasteiger partial charge in [-0.2, -0.15) is 0 Å². The molecule has 2 unspecified atom stereocenters. The third-order valence-electron chi connectivity index (χ3n) is 4.99. The average molecular weight is 367 g/mol. The molecule has 2 aromatic rings. The molecular weight excluding hydrogens is 340 g/mol.